The number of aryl methyl sites for hydroxylation is 1. The van der Waals surface area contributed by atoms with Crippen molar-refractivity contribution < 1.29 is 20.8 Å². The standard InChI is InChI=1S/C25H31.2ClH.Zr/c1-7-17(3)20-15-19-13-14-23(25(4,5)6)24(22(19)16-20)21-12-10-9-11-18(21)8-2;;;/h9-17H,7-8H2,1-6H3;2*1H;/q-1;;;+2/p-2. The van der Waals surface area contributed by atoms with Crippen LogP contribution in [0.1, 0.15) is 70.6 Å². The van der Waals surface area contributed by atoms with E-state index in [1.807, 2.05) is 0 Å². The molecule has 0 aliphatic carbocycles. The van der Waals surface area contributed by atoms with E-state index >= 15 is 0 Å². The average molecular weight is 494 g/mol. The van der Waals surface area contributed by atoms with E-state index in [-0.39, 0.29) is 5.41 Å². The van der Waals surface area contributed by atoms with Crippen molar-refractivity contribution in [3.05, 3.63) is 65.2 Å². The Labute approximate surface area is 189 Å². The third-order valence-corrected chi connectivity index (χ3v) is 5.57. The van der Waals surface area contributed by atoms with Gasteiger partial charge in [0.2, 0.25) is 0 Å². The summed E-state index contributed by atoms with van der Waals surface area (Å²) in [5.74, 6) is 0.611. The van der Waals surface area contributed by atoms with Gasteiger partial charge in [0.1, 0.15) is 0 Å². The second kappa shape index (κ2) is 10.5. The molecule has 0 saturated carbocycles. The second-order valence-corrected chi connectivity index (χ2v) is 12.2. The Kier molecular flexibility index (Phi) is 8.93. The van der Waals surface area contributed by atoms with E-state index in [1.54, 1.807) is 0 Å². The van der Waals surface area contributed by atoms with Crippen LogP contribution in [0.15, 0.2) is 48.5 Å². The number of rotatable bonds is 4. The molecule has 1 unspecified atom stereocenters. The molecular weight excluding hydrogens is 462 g/mol. The van der Waals surface area contributed by atoms with E-state index in [4.69, 9.17) is 17.0 Å². The zero-order valence-electron chi connectivity index (χ0n) is 17.9. The normalized spacial score (nSPS) is 12.4. The van der Waals surface area contributed by atoms with Crippen molar-refractivity contribution in [1.82, 2.24) is 0 Å². The summed E-state index contributed by atoms with van der Waals surface area (Å²) < 4.78 is 0. The SMILES string of the molecule is CCc1ccccc1-c1c(C(C)(C)C)ccc2[cH-]c(C(C)CC)cc12.[Cl][Zr][Cl]. The number of benzene rings is 2. The monoisotopic (exact) mass is 491 g/mol. The first-order valence-electron chi connectivity index (χ1n) is 10.1. The molecule has 0 amide bonds. The zero-order valence-corrected chi connectivity index (χ0v) is 21.8. The summed E-state index contributed by atoms with van der Waals surface area (Å²) in [6, 6.07) is 18.4. The molecule has 0 heterocycles. The summed E-state index contributed by atoms with van der Waals surface area (Å²) in [5, 5.41) is 2.80. The van der Waals surface area contributed by atoms with Crippen molar-refractivity contribution in [2.24, 2.45) is 0 Å². The van der Waals surface area contributed by atoms with Crippen molar-refractivity contribution in [3.8, 4) is 11.1 Å². The molecule has 0 N–H and O–H groups in total. The number of fused-ring (bicyclic) bond motifs is 1. The molecule has 1 atom stereocenters. The van der Waals surface area contributed by atoms with Gasteiger partial charge >= 0.3 is 37.9 Å². The molecule has 0 fully saturated rings. The van der Waals surface area contributed by atoms with Crippen LogP contribution in [0.4, 0.5) is 0 Å². The van der Waals surface area contributed by atoms with Gasteiger partial charge in [0.15, 0.2) is 0 Å². The molecule has 3 aromatic carbocycles. The third kappa shape index (κ3) is 5.35. The molecule has 0 radical (unpaired) electrons. The van der Waals surface area contributed by atoms with E-state index in [0.717, 1.165) is 6.42 Å². The first-order chi connectivity index (χ1) is 13.3. The summed E-state index contributed by atoms with van der Waals surface area (Å²) in [4.78, 5) is 0. The average Bonchev–Trinajstić information content (AvgIpc) is 3.10. The molecule has 3 heteroatoms. The summed E-state index contributed by atoms with van der Waals surface area (Å²) >= 11 is -0.826. The van der Waals surface area contributed by atoms with Gasteiger partial charge in [-0.05, 0) is 28.9 Å². The molecule has 0 saturated heterocycles. The summed E-state index contributed by atoms with van der Waals surface area (Å²) in [7, 11) is 9.87. The van der Waals surface area contributed by atoms with Crippen LogP contribution in [0.3, 0.4) is 0 Å². The molecule has 0 nitrogen and oxygen atoms in total. The molecule has 28 heavy (non-hydrogen) atoms. The van der Waals surface area contributed by atoms with Crippen LogP contribution in [0.5, 0.6) is 0 Å². The number of hydrogen-bond donors (Lipinski definition) is 0. The fourth-order valence-corrected chi connectivity index (χ4v) is 3.81. The minimum absolute atomic E-state index is 0.123. The zero-order chi connectivity index (χ0) is 20.9. The predicted octanol–water partition coefficient (Wildman–Crippen LogP) is 8.98. The molecule has 0 aromatic heterocycles. The van der Waals surface area contributed by atoms with Gasteiger partial charge < -0.3 is 0 Å². The molecule has 0 bridgehead atoms. The predicted molar refractivity (Wildman–Crippen MR) is 123 cm³/mol. The molecule has 150 valence electrons. The Morgan fingerprint density at radius 3 is 2.25 bits per heavy atom. The van der Waals surface area contributed by atoms with Gasteiger partial charge in [-0.1, -0.05) is 83.4 Å². The number of hydrogen-bond acceptors (Lipinski definition) is 0. The van der Waals surface area contributed by atoms with Crippen molar-refractivity contribution in [2.75, 3.05) is 0 Å². The summed E-state index contributed by atoms with van der Waals surface area (Å²) in [6.07, 6.45) is 2.25. The van der Waals surface area contributed by atoms with Crippen LogP contribution in [-0.2, 0) is 32.7 Å². The van der Waals surface area contributed by atoms with Crippen molar-refractivity contribution in [2.45, 2.75) is 65.7 Å². The summed E-state index contributed by atoms with van der Waals surface area (Å²) in [5.41, 5.74) is 7.32. The first-order valence-corrected chi connectivity index (χ1v) is 16.4. The Morgan fingerprint density at radius 1 is 1.04 bits per heavy atom. The third-order valence-electron chi connectivity index (χ3n) is 5.57. The van der Waals surface area contributed by atoms with E-state index < -0.39 is 20.8 Å². The topological polar surface area (TPSA) is 0 Å². The van der Waals surface area contributed by atoms with Gasteiger partial charge in [-0.2, -0.15) is 6.07 Å². The molecule has 3 aromatic rings. The van der Waals surface area contributed by atoms with E-state index in [2.05, 4.69) is 90.1 Å². The summed E-state index contributed by atoms with van der Waals surface area (Å²) in [6.45, 7) is 13.8. The Morgan fingerprint density at radius 2 is 1.68 bits per heavy atom. The van der Waals surface area contributed by atoms with Gasteiger partial charge in [0.05, 0.1) is 0 Å². The van der Waals surface area contributed by atoms with Gasteiger partial charge in [-0.15, -0.1) is 34.5 Å². The van der Waals surface area contributed by atoms with Crippen LogP contribution < -0.4 is 0 Å². The van der Waals surface area contributed by atoms with Crippen LogP contribution in [0.25, 0.3) is 21.9 Å². The van der Waals surface area contributed by atoms with Crippen LogP contribution in [0, 0.1) is 0 Å². The first kappa shape index (κ1) is 23.8. The molecule has 0 aliphatic heterocycles. The van der Waals surface area contributed by atoms with Crippen molar-refractivity contribution in [1.29, 1.82) is 0 Å². The van der Waals surface area contributed by atoms with Gasteiger partial charge in [0, 0.05) is 0 Å². The molecule has 0 spiro atoms. The van der Waals surface area contributed by atoms with Gasteiger partial charge in [-0.3, -0.25) is 0 Å². The van der Waals surface area contributed by atoms with E-state index in [0.29, 0.717) is 5.92 Å². The van der Waals surface area contributed by atoms with Gasteiger partial charge in [-0.25, -0.2) is 0 Å². The van der Waals surface area contributed by atoms with Crippen LogP contribution in [0.2, 0.25) is 0 Å². The molecule has 3 rings (SSSR count). The Bertz CT molecular complexity index is 903. The maximum absolute atomic E-state index is 4.93. The molecular formula is C25H31Cl2Zr-. The van der Waals surface area contributed by atoms with E-state index in [1.165, 1.54) is 45.0 Å². The molecule has 0 aliphatic rings. The fraction of sp³-hybridized carbons (Fsp3) is 0.400. The van der Waals surface area contributed by atoms with Crippen molar-refractivity contribution >= 4 is 27.8 Å². The van der Waals surface area contributed by atoms with Crippen LogP contribution >= 0.6 is 17.0 Å². The van der Waals surface area contributed by atoms with Crippen LogP contribution in [-0.4, -0.2) is 0 Å². The quantitative estimate of drug-likeness (QED) is 0.318. The fourth-order valence-electron chi connectivity index (χ4n) is 3.81. The van der Waals surface area contributed by atoms with Crippen molar-refractivity contribution in [3.63, 3.8) is 0 Å². The Balaban J connectivity index is 0.000000878. The second-order valence-electron chi connectivity index (χ2n) is 8.42. The van der Waals surface area contributed by atoms with Gasteiger partial charge in [0.25, 0.3) is 0 Å². The Hall–Kier alpha value is -0.487. The minimum atomic E-state index is -0.826. The van der Waals surface area contributed by atoms with E-state index in [9.17, 15) is 0 Å². The maximum atomic E-state index is 4.93. The number of halogens is 2.